The summed E-state index contributed by atoms with van der Waals surface area (Å²) < 4.78 is 27.6. The van der Waals surface area contributed by atoms with E-state index in [9.17, 15) is 8.42 Å². The fraction of sp³-hybridized carbons (Fsp3) is 0.0667. The zero-order chi connectivity index (χ0) is 14.9. The van der Waals surface area contributed by atoms with Crippen molar-refractivity contribution >= 4 is 26.7 Å². The molecule has 106 valence electrons. The average Bonchev–Trinajstić information content (AvgIpc) is 2.49. The predicted molar refractivity (Wildman–Crippen MR) is 81.5 cm³/mol. The Morgan fingerprint density at radius 1 is 0.952 bits per heavy atom. The maximum Gasteiger partial charge on any atom is 0.264 e. The van der Waals surface area contributed by atoms with E-state index in [0.29, 0.717) is 16.7 Å². The average molecular weight is 299 g/mol. The molecule has 0 spiro atoms. The van der Waals surface area contributed by atoms with Gasteiger partial charge in [0, 0.05) is 18.1 Å². The minimum absolute atomic E-state index is 0.119. The molecule has 3 rings (SSSR count). The number of hydrogen-bond acceptors (Lipinski definition) is 4. The third kappa shape index (κ3) is 2.71. The number of fused-ring (bicyclic) bond motifs is 1. The van der Waals surface area contributed by atoms with Crippen molar-refractivity contribution in [3.8, 4) is 0 Å². The Kier molecular flexibility index (Phi) is 3.31. The molecule has 3 aromatic rings. The Hall–Kier alpha value is -2.47. The van der Waals surface area contributed by atoms with Crippen LogP contribution in [0.5, 0.6) is 0 Å². The molecule has 21 heavy (non-hydrogen) atoms. The van der Waals surface area contributed by atoms with Crippen LogP contribution in [0.2, 0.25) is 0 Å². The van der Waals surface area contributed by atoms with E-state index in [-0.39, 0.29) is 4.90 Å². The Morgan fingerprint density at radius 3 is 2.43 bits per heavy atom. The molecule has 1 heterocycles. The van der Waals surface area contributed by atoms with Crippen molar-refractivity contribution in [1.29, 1.82) is 0 Å². The van der Waals surface area contributed by atoms with Crippen molar-refractivity contribution in [2.45, 2.75) is 11.8 Å². The Balaban J connectivity index is 2.06. The molecule has 6 heteroatoms. The minimum atomic E-state index is -3.71. The number of sulfonamides is 1. The lowest BCUT2D eigenvalue weighted by Gasteiger charge is -2.09. The predicted octanol–water partition coefficient (Wildman–Crippen LogP) is 2.74. The van der Waals surface area contributed by atoms with Crippen molar-refractivity contribution in [2.75, 3.05) is 4.72 Å². The van der Waals surface area contributed by atoms with E-state index >= 15 is 0 Å². The number of nitrogens with zero attached hydrogens (tertiary/aromatic N) is 2. The van der Waals surface area contributed by atoms with Gasteiger partial charge in [0.25, 0.3) is 10.0 Å². The van der Waals surface area contributed by atoms with Gasteiger partial charge in [0.2, 0.25) is 0 Å². The zero-order valence-electron chi connectivity index (χ0n) is 11.3. The van der Waals surface area contributed by atoms with Crippen LogP contribution in [0.4, 0.5) is 5.69 Å². The number of hydrogen-bond donors (Lipinski definition) is 1. The van der Waals surface area contributed by atoms with Gasteiger partial charge in [-0.15, -0.1) is 0 Å². The molecule has 5 nitrogen and oxygen atoms in total. The molecule has 1 N–H and O–H groups in total. The third-order valence-electron chi connectivity index (χ3n) is 3.05. The van der Waals surface area contributed by atoms with Gasteiger partial charge in [0.1, 0.15) is 10.4 Å². The molecular formula is C15H13N3O2S. The van der Waals surface area contributed by atoms with Crippen LogP contribution in [0, 0.1) is 6.92 Å². The summed E-state index contributed by atoms with van der Waals surface area (Å²) in [4.78, 5) is 8.36. The fourth-order valence-corrected chi connectivity index (χ4v) is 3.24. The Morgan fingerprint density at radius 2 is 1.67 bits per heavy atom. The monoisotopic (exact) mass is 299 g/mol. The van der Waals surface area contributed by atoms with Gasteiger partial charge < -0.3 is 0 Å². The molecule has 0 aliphatic rings. The molecule has 0 bridgehead atoms. The second-order valence-corrected chi connectivity index (χ2v) is 6.30. The van der Waals surface area contributed by atoms with E-state index in [1.807, 2.05) is 19.1 Å². The summed E-state index contributed by atoms with van der Waals surface area (Å²) in [7, 11) is -3.71. The molecule has 2 aromatic carbocycles. The lowest BCUT2D eigenvalue weighted by Crippen LogP contribution is -2.13. The van der Waals surface area contributed by atoms with Gasteiger partial charge in [0.15, 0.2) is 0 Å². The second kappa shape index (κ2) is 5.14. The number of aromatic nitrogens is 2. The Labute approximate surface area is 122 Å². The summed E-state index contributed by atoms with van der Waals surface area (Å²) in [6, 6.07) is 12.1. The van der Waals surface area contributed by atoms with Crippen LogP contribution in [0.15, 0.2) is 59.8 Å². The first-order valence-electron chi connectivity index (χ1n) is 6.35. The van der Waals surface area contributed by atoms with Crippen LogP contribution in [0.25, 0.3) is 11.0 Å². The number of anilines is 1. The van der Waals surface area contributed by atoms with Crippen molar-refractivity contribution in [3.63, 3.8) is 0 Å². The van der Waals surface area contributed by atoms with Crippen LogP contribution in [0.1, 0.15) is 5.56 Å². The van der Waals surface area contributed by atoms with E-state index in [2.05, 4.69) is 14.7 Å². The highest BCUT2D eigenvalue weighted by molar-refractivity contribution is 7.93. The molecule has 0 saturated heterocycles. The molecule has 0 radical (unpaired) electrons. The molecule has 0 fully saturated rings. The molecule has 0 amide bonds. The number of para-hydroxylation sites is 1. The van der Waals surface area contributed by atoms with Gasteiger partial charge >= 0.3 is 0 Å². The van der Waals surface area contributed by atoms with Gasteiger partial charge in [-0.05, 0) is 31.2 Å². The van der Waals surface area contributed by atoms with Crippen LogP contribution < -0.4 is 4.72 Å². The van der Waals surface area contributed by atoms with Gasteiger partial charge in [-0.1, -0.05) is 23.8 Å². The molecule has 0 aliphatic carbocycles. The molecule has 0 aliphatic heterocycles. The molecular weight excluding hydrogens is 286 g/mol. The number of nitrogens with one attached hydrogen (secondary N) is 1. The quantitative estimate of drug-likeness (QED) is 0.807. The van der Waals surface area contributed by atoms with Crippen molar-refractivity contribution in [1.82, 2.24) is 9.97 Å². The van der Waals surface area contributed by atoms with Gasteiger partial charge in [-0.25, -0.2) is 8.42 Å². The molecule has 0 unspecified atom stereocenters. The first-order valence-corrected chi connectivity index (χ1v) is 7.84. The smallest absolute Gasteiger partial charge is 0.264 e. The van der Waals surface area contributed by atoms with E-state index < -0.39 is 10.0 Å². The lowest BCUT2D eigenvalue weighted by atomic mass is 10.2. The Bertz CT molecular complexity index is 885. The molecule has 0 atom stereocenters. The van der Waals surface area contributed by atoms with Crippen LogP contribution in [-0.2, 0) is 10.0 Å². The summed E-state index contributed by atoms with van der Waals surface area (Å²) in [5.41, 5.74) is 2.49. The fourth-order valence-electron chi connectivity index (χ4n) is 2.01. The van der Waals surface area contributed by atoms with E-state index in [1.54, 1.807) is 24.3 Å². The number of rotatable bonds is 3. The van der Waals surface area contributed by atoms with E-state index in [1.165, 1.54) is 18.5 Å². The first-order chi connectivity index (χ1) is 10.1. The normalized spacial score (nSPS) is 11.5. The molecule has 0 saturated carbocycles. The van der Waals surface area contributed by atoms with Gasteiger partial charge in [0.05, 0.1) is 5.52 Å². The maximum absolute atomic E-state index is 12.5. The van der Waals surface area contributed by atoms with Crippen LogP contribution >= 0.6 is 0 Å². The zero-order valence-corrected chi connectivity index (χ0v) is 12.1. The van der Waals surface area contributed by atoms with Crippen molar-refractivity contribution in [3.05, 3.63) is 60.4 Å². The summed E-state index contributed by atoms with van der Waals surface area (Å²) >= 11 is 0. The van der Waals surface area contributed by atoms with Crippen molar-refractivity contribution in [2.24, 2.45) is 0 Å². The van der Waals surface area contributed by atoms with E-state index in [0.717, 1.165) is 5.56 Å². The SMILES string of the molecule is Cc1ccc(NS(=O)(=O)c2cccc3nccnc23)cc1. The number of benzene rings is 2. The summed E-state index contributed by atoms with van der Waals surface area (Å²) in [5.74, 6) is 0. The highest BCUT2D eigenvalue weighted by Crippen LogP contribution is 2.22. The minimum Gasteiger partial charge on any atom is -0.280 e. The first kappa shape index (κ1) is 13.5. The summed E-state index contributed by atoms with van der Waals surface area (Å²) in [5, 5.41) is 0. The topological polar surface area (TPSA) is 72.0 Å². The second-order valence-electron chi connectivity index (χ2n) is 4.65. The lowest BCUT2D eigenvalue weighted by molar-refractivity contribution is 0.602. The summed E-state index contributed by atoms with van der Waals surface area (Å²) in [6.07, 6.45) is 3.01. The van der Waals surface area contributed by atoms with E-state index in [4.69, 9.17) is 0 Å². The maximum atomic E-state index is 12.5. The van der Waals surface area contributed by atoms with Crippen LogP contribution in [-0.4, -0.2) is 18.4 Å². The number of aryl methyl sites for hydroxylation is 1. The van der Waals surface area contributed by atoms with Crippen molar-refractivity contribution < 1.29 is 8.42 Å². The summed E-state index contributed by atoms with van der Waals surface area (Å²) in [6.45, 7) is 1.94. The van der Waals surface area contributed by atoms with Gasteiger partial charge in [-0.2, -0.15) is 0 Å². The standard InChI is InChI=1S/C15H13N3O2S/c1-11-5-7-12(8-6-11)18-21(19,20)14-4-2-3-13-15(14)17-10-9-16-13/h2-10,18H,1H3. The molecule has 1 aromatic heterocycles. The highest BCUT2D eigenvalue weighted by atomic mass is 32.2. The van der Waals surface area contributed by atoms with Gasteiger partial charge in [-0.3, -0.25) is 14.7 Å². The highest BCUT2D eigenvalue weighted by Gasteiger charge is 2.18. The third-order valence-corrected chi connectivity index (χ3v) is 4.47. The van der Waals surface area contributed by atoms with Crippen LogP contribution in [0.3, 0.4) is 0 Å². The largest absolute Gasteiger partial charge is 0.280 e.